The largest absolute Gasteiger partial charge is 0.447 e. The minimum absolute atomic E-state index is 0.535. The molecule has 0 unspecified atom stereocenters. The van der Waals surface area contributed by atoms with Crippen LogP contribution in [0, 0.1) is 11.3 Å². The maximum Gasteiger partial charge on any atom is 0.411 e. The van der Waals surface area contributed by atoms with Gasteiger partial charge in [-0.05, 0) is 0 Å². The molecule has 0 rings (SSSR count). The summed E-state index contributed by atoms with van der Waals surface area (Å²) >= 11 is 0. The second-order valence-electron chi connectivity index (χ2n) is 1.21. The van der Waals surface area contributed by atoms with Crippen LogP contribution in [-0.4, -0.2) is 12.6 Å². The monoisotopic (exact) mass is 129 g/mol. The number of hydrogen-bond donors (Lipinski definition) is 0. The second kappa shape index (κ2) is 3.61. The zero-order chi connectivity index (χ0) is 7.28. The smallest absolute Gasteiger partial charge is 0.411 e. The van der Waals surface area contributed by atoms with Crippen molar-refractivity contribution in [2.24, 2.45) is 0 Å². The zero-order valence-electron chi connectivity index (χ0n) is 4.56. The molecule has 0 atom stereocenters. The van der Waals surface area contributed by atoms with Crippen molar-refractivity contribution in [3.8, 4) is 6.07 Å². The maximum absolute atomic E-state index is 11.6. The molecular weight excluding hydrogens is 125 g/mol. The summed E-state index contributed by atoms with van der Waals surface area (Å²) in [7, 11) is 0. The molecule has 0 heterocycles. The van der Waals surface area contributed by atoms with Gasteiger partial charge in [0.2, 0.25) is 0 Å². The predicted molar refractivity (Wildman–Crippen MR) is 26.8 cm³/mol. The SMILES string of the molecule is C=C(F)COC(=O)C#N. The van der Waals surface area contributed by atoms with Crippen molar-refractivity contribution in [2.45, 2.75) is 0 Å². The number of nitriles is 1. The molecule has 9 heavy (non-hydrogen) atoms. The van der Waals surface area contributed by atoms with Gasteiger partial charge in [0.1, 0.15) is 12.4 Å². The lowest BCUT2D eigenvalue weighted by Crippen LogP contribution is -2.01. The zero-order valence-corrected chi connectivity index (χ0v) is 4.56. The number of nitrogens with zero attached hydrogens (tertiary/aromatic N) is 1. The first kappa shape index (κ1) is 7.63. The van der Waals surface area contributed by atoms with Gasteiger partial charge in [0, 0.05) is 0 Å². The van der Waals surface area contributed by atoms with Crippen LogP contribution in [0.1, 0.15) is 0 Å². The van der Waals surface area contributed by atoms with Crippen LogP contribution in [-0.2, 0) is 9.53 Å². The van der Waals surface area contributed by atoms with Gasteiger partial charge >= 0.3 is 5.97 Å². The van der Waals surface area contributed by atoms with E-state index in [4.69, 9.17) is 5.26 Å². The Kier molecular flexibility index (Phi) is 3.06. The van der Waals surface area contributed by atoms with E-state index >= 15 is 0 Å². The van der Waals surface area contributed by atoms with E-state index in [1.54, 1.807) is 0 Å². The van der Waals surface area contributed by atoms with Crippen LogP contribution in [0.15, 0.2) is 12.4 Å². The van der Waals surface area contributed by atoms with E-state index in [1.165, 1.54) is 0 Å². The Morgan fingerprint density at radius 1 is 1.89 bits per heavy atom. The summed E-state index contributed by atoms with van der Waals surface area (Å²) in [5.74, 6) is -1.88. The lowest BCUT2D eigenvalue weighted by Gasteiger charge is -1.92. The van der Waals surface area contributed by atoms with Crippen molar-refractivity contribution < 1.29 is 13.9 Å². The van der Waals surface area contributed by atoms with Crippen LogP contribution in [0.4, 0.5) is 4.39 Å². The van der Waals surface area contributed by atoms with Crippen molar-refractivity contribution in [2.75, 3.05) is 6.61 Å². The number of hydrogen-bond acceptors (Lipinski definition) is 3. The fourth-order valence-corrected chi connectivity index (χ4v) is 0.176. The minimum atomic E-state index is -1.10. The molecule has 4 heteroatoms. The van der Waals surface area contributed by atoms with Gasteiger partial charge in [-0.2, -0.15) is 5.26 Å². The van der Waals surface area contributed by atoms with Crippen LogP contribution in [0.25, 0.3) is 0 Å². The Bertz CT molecular complexity index is 170. The second-order valence-corrected chi connectivity index (χ2v) is 1.21. The molecule has 0 spiro atoms. The Hall–Kier alpha value is -1.37. The van der Waals surface area contributed by atoms with Gasteiger partial charge < -0.3 is 4.74 Å². The molecule has 0 radical (unpaired) electrons. The molecule has 0 amide bonds. The van der Waals surface area contributed by atoms with Crippen LogP contribution in [0.2, 0.25) is 0 Å². The number of carbonyl (C=O) groups excluding carboxylic acids is 1. The van der Waals surface area contributed by atoms with E-state index < -0.39 is 18.4 Å². The Labute approximate surface area is 51.3 Å². The Balaban J connectivity index is 3.43. The third-order valence-corrected chi connectivity index (χ3v) is 0.451. The van der Waals surface area contributed by atoms with Gasteiger partial charge in [0.15, 0.2) is 6.07 Å². The standard InChI is InChI=1S/C5H4FNO2/c1-4(6)3-9-5(8)2-7/h1,3H2. The average molecular weight is 129 g/mol. The van der Waals surface area contributed by atoms with Crippen molar-refractivity contribution in [1.29, 1.82) is 5.26 Å². The topological polar surface area (TPSA) is 50.1 Å². The van der Waals surface area contributed by atoms with Crippen molar-refractivity contribution in [1.82, 2.24) is 0 Å². The molecule has 0 saturated carbocycles. The van der Waals surface area contributed by atoms with Crippen LogP contribution >= 0.6 is 0 Å². The fraction of sp³-hybridized carbons (Fsp3) is 0.200. The van der Waals surface area contributed by atoms with Gasteiger partial charge in [-0.1, -0.05) is 6.58 Å². The van der Waals surface area contributed by atoms with Crippen molar-refractivity contribution in [3.63, 3.8) is 0 Å². The minimum Gasteiger partial charge on any atom is -0.447 e. The van der Waals surface area contributed by atoms with Crippen molar-refractivity contribution >= 4 is 5.97 Å². The molecule has 0 aromatic carbocycles. The summed E-state index contributed by atoms with van der Waals surface area (Å²) in [6.07, 6.45) is 0. The molecule has 0 N–H and O–H groups in total. The maximum atomic E-state index is 11.6. The van der Waals surface area contributed by atoms with Gasteiger partial charge in [-0.25, -0.2) is 9.18 Å². The van der Waals surface area contributed by atoms with E-state index in [2.05, 4.69) is 11.3 Å². The van der Waals surface area contributed by atoms with Gasteiger partial charge in [0.25, 0.3) is 0 Å². The summed E-state index contributed by atoms with van der Waals surface area (Å²) in [5, 5.41) is 7.77. The van der Waals surface area contributed by atoms with Gasteiger partial charge in [-0.15, -0.1) is 0 Å². The third-order valence-electron chi connectivity index (χ3n) is 0.451. The number of rotatable bonds is 2. The normalized spacial score (nSPS) is 7.56. The van der Waals surface area contributed by atoms with Crippen LogP contribution in [0.3, 0.4) is 0 Å². The van der Waals surface area contributed by atoms with E-state index in [0.29, 0.717) is 0 Å². The molecule has 0 fully saturated rings. The third kappa shape index (κ3) is 4.48. The molecule has 0 aromatic rings. The quantitative estimate of drug-likeness (QED) is 0.403. The Morgan fingerprint density at radius 2 is 2.44 bits per heavy atom. The van der Waals surface area contributed by atoms with Gasteiger partial charge in [-0.3, -0.25) is 0 Å². The molecule has 0 aliphatic rings. The first-order chi connectivity index (χ1) is 4.16. The van der Waals surface area contributed by atoms with E-state index in [9.17, 15) is 9.18 Å². The fourth-order valence-electron chi connectivity index (χ4n) is 0.176. The first-order valence-electron chi connectivity index (χ1n) is 2.07. The van der Waals surface area contributed by atoms with Gasteiger partial charge in [0.05, 0.1) is 0 Å². The molecular formula is C5H4FNO2. The summed E-state index contributed by atoms with van der Waals surface area (Å²) in [6, 6.07) is 1.15. The lowest BCUT2D eigenvalue weighted by atomic mass is 10.6. The highest BCUT2D eigenvalue weighted by molar-refractivity contribution is 5.85. The van der Waals surface area contributed by atoms with Crippen molar-refractivity contribution in [3.05, 3.63) is 12.4 Å². The molecule has 0 aliphatic carbocycles. The Morgan fingerprint density at radius 3 is 2.78 bits per heavy atom. The molecule has 48 valence electrons. The first-order valence-corrected chi connectivity index (χ1v) is 2.07. The number of esters is 1. The number of halogens is 1. The highest BCUT2D eigenvalue weighted by atomic mass is 19.1. The van der Waals surface area contributed by atoms with E-state index in [-0.39, 0.29) is 0 Å². The summed E-state index contributed by atoms with van der Waals surface area (Å²) < 4.78 is 15.6. The summed E-state index contributed by atoms with van der Waals surface area (Å²) in [4.78, 5) is 9.93. The van der Waals surface area contributed by atoms with E-state index in [1.807, 2.05) is 0 Å². The van der Waals surface area contributed by atoms with Crippen LogP contribution < -0.4 is 0 Å². The summed E-state index contributed by atoms with van der Waals surface area (Å²) in [6.45, 7) is 2.27. The van der Waals surface area contributed by atoms with Crippen LogP contribution in [0.5, 0.6) is 0 Å². The molecule has 0 aliphatic heterocycles. The highest BCUT2D eigenvalue weighted by Crippen LogP contribution is 1.90. The average Bonchev–Trinajstić information content (AvgIpc) is 1.83. The molecule has 0 saturated heterocycles. The summed E-state index contributed by atoms with van der Waals surface area (Å²) in [5.41, 5.74) is 0. The predicted octanol–water partition coefficient (Wildman–Crippen LogP) is 0.536. The number of ether oxygens (including phenoxy) is 1. The molecule has 3 nitrogen and oxygen atoms in total. The molecule has 0 bridgehead atoms. The number of carbonyl (C=O) groups is 1. The lowest BCUT2D eigenvalue weighted by molar-refractivity contribution is -0.136. The highest BCUT2D eigenvalue weighted by Gasteiger charge is 1.98. The molecule has 0 aromatic heterocycles. The van der Waals surface area contributed by atoms with E-state index in [0.717, 1.165) is 6.07 Å².